The van der Waals surface area contributed by atoms with Crippen molar-refractivity contribution in [3.8, 4) is 23.0 Å². The van der Waals surface area contributed by atoms with Crippen LogP contribution in [-0.4, -0.2) is 37.0 Å². The molecule has 0 fully saturated rings. The third kappa shape index (κ3) is 9.23. The summed E-state index contributed by atoms with van der Waals surface area (Å²) in [5, 5.41) is 2.90. The van der Waals surface area contributed by atoms with E-state index >= 15 is 0 Å². The molecular weight excluding hydrogens is 646 g/mol. The predicted molar refractivity (Wildman–Crippen MR) is 178 cm³/mol. The minimum Gasteiger partial charge on any atom is -0.433 e. The van der Waals surface area contributed by atoms with Crippen LogP contribution in [0.1, 0.15) is 5.69 Å². The zero-order valence-corrected chi connectivity index (χ0v) is 26.3. The third-order valence-electron chi connectivity index (χ3n) is 6.19. The van der Waals surface area contributed by atoms with Gasteiger partial charge in [-0.15, -0.1) is 0 Å². The summed E-state index contributed by atoms with van der Waals surface area (Å²) < 4.78 is 0. The molecule has 9 heteroatoms. The number of benzene rings is 2. The number of aromatic nitrogens is 7. The molecule has 2 N–H and O–H groups in total. The van der Waals surface area contributed by atoms with E-state index in [1.807, 2.05) is 135 Å². The van der Waals surface area contributed by atoms with Crippen molar-refractivity contribution in [1.29, 1.82) is 0 Å². The molecule has 5 aromatic heterocycles. The van der Waals surface area contributed by atoms with E-state index in [0.717, 1.165) is 44.7 Å². The van der Waals surface area contributed by atoms with Crippen molar-refractivity contribution in [3.63, 3.8) is 0 Å². The number of allylic oxidation sites excluding steroid dienone is 4. The fourth-order valence-electron chi connectivity index (χ4n) is 4.06. The van der Waals surface area contributed by atoms with Crippen molar-refractivity contribution < 1.29 is 19.5 Å². The van der Waals surface area contributed by atoms with Crippen LogP contribution in [0.25, 0.3) is 50.7 Å². The standard InChI is InChI=1S/C14H9N4.C12H14N2.C10H8N2.Ru/c1-2-6-10-9(5-1)15-13(16-10)14-17-11-7-3-4-8-12(11)18-14;1-11(7-3-5-9-13-2)12-8-4-6-10-14-12;1-3-7-11-9(5-1)10-6-2-4-8-12-10;/h1-8H,(H-,15,16,17,18);3-10,13H,1H2,2H3;1-8H;/q-1;;;+1/b;7-3-,9-5-;;. The van der Waals surface area contributed by atoms with Gasteiger partial charge in [0, 0.05) is 25.6 Å². The molecule has 0 aliphatic rings. The molecule has 0 spiro atoms. The maximum atomic E-state index is 4.50. The Hall–Kier alpha value is -5.53. The molecular formula is C36H31N8Ru. The molecule has 223 valence electrons. The smallest absolute Gasteiger partial charge is 0.433 e. The first-order valence-electron chi connectivity index (χ1n) is 14.0. The van der Waals surface area contributed by atoms with Gasteiger partial charge in [0.05, 0.1) is 28.1 Å². The normalized spacial score (nSPS) is 10.5. The molecule has 0 saturated carbocycles. The quantitative estimate of drug-likeness (QED) is 0.141. The molecule has 45 heavy (non-hydrogen) atoms. The number of pyridine rings is 3. The molecule has 1 radical (unpaired) electrons. The fraction of sp³-hybridized carbons (Fsp3) is 0.0278. The summed E-state index contributed by atoms with van der Waals surface area (Å²) in [4.78, 5) is 29.2. The van der Waals surface area contributed by atoms with Gasteiger partial charge in [0.1, 0.15) is 5.82 Å². The molecule has 0 saturated heterocycles. The number of H-pyrrole nitrogens is 1. The molecule has 0 bridgehead atoms. The van der Waals surface area contributed by atoms with E-state index in [2.05, 4.69) is 46.8 Å². The molecule has 8 nitrogen and oxygen atoms in total. The second-order valence-corrected chi connectivity index (χ2v) is 9.32. The number of para-hydroxylation sites is 4. The van der Waals surface area contributed by atoms with E-state index in [9.17, 15) is 0 Å². The van der Waals surface area contributed by atoms with Gasteiger partial charge in [-0.3, -0.25) is 15.0 Å². The summed E-state index contributed by atoms with van der Waals surface area (Å²) in [5.41, 5.74) is 7.37. The van der Waals surface area contributed by atoms with E-state index in [1.165, 1.54) is 0 Å². The average molecular weight is 677 g/mol. The summed E-state index contributed by atoms with van der Waals surface area (Å²) in [6, 6.07) is 33.1. The summed E-state index contributed by atoms with van der Waals surface area (Å²) in [6.07, 6.45) is 12.9. The Bertz CT molecular complexity index is 1790. The second-order valence-electron chi connectivity index (χ2n) is 9.32. The summed E-state index contributed by atoms with van der Waals surface area (Å²) in [6.45, 7) is 3.92. The van der Waals surface area contributed by atoms with Gasteiger partial charge in [0.2, 0.25) is 0 Å². The van der Waals surface area contributed by atoms with Crippen LogP contribution < -0.4 is 10.3 Å². The van der Waals surface area contributed by atoms with E-state index in [4.69, 9.17) is 0 Å². The van der Waals surface area contributed by atoms with Crippen LogP contribution in [0.5, 0.6) is 0 Å². The van der Waals surface area contributed by atoms with Crippen LogP contribution in [-0.2, 0) is 19.5 Å². The SMILES string of the molecule is C=C(/C=C\C=C/NC)c1ccccn1.[Ru+].c1ccc(-c2ccccn2)nc1.c1ccc2[n-]c(-c3nc4ccccc4[nH]3)nc2c1. The maximum absolute atomic E-state index is 4.50. The van der Waals surface area contributed by atoms with E-state index in [-0.39, 0.29) is 19.5 Å². The van der Waals surface area contributed by atoms with Gasteiger partial charge >= 0.3 is 19.5 Å². The molecule has 5 heterocycles. The molecule has 0 atom stereocenters. The number of aromatic amines is 1. The molecule has 0 amide bonds. The van der Waals surface area contributed by atoms with Gasteiger partial charge in [0.25, 0.3) is 0 Å². The largest absolute Gasteiger partial charge is 1.00 e. The molecule has 7 aromatic rings. The van der Waals surface area contributed by atoms with Crippen molar-refractivity contribution >= 4 is 27.6 Å². The summed E-state index contributed by atoms with van der Waals surface area (Å²) in [5.74, 6) is 1.36. The summed E-state index contributed by atoms with van der Waals surface area (Å²) >= 11 is 0. The average Bonchev–Trinajstić information content (AvgIpc) is 3.73. The van der Waals surface area contributed by atoms with Crippen LogP contribution in [0.2, 0.25) is 0 Å². The number of hydrogen-bond donors (Lipinski definition) is 2. The van der Waals surface area contributed by atoms with Crippen LogP contribution in [0.4, 0.5) is 0 Å². The predicted octanol–water partition coefficient (Wildman–Crippen LogP) is 7.26. The van der Waals surface area contributed by atoms with Gasteiger partial charge < -0.3 is 20.3 Å². The number of rotatable bonds is 6. The first-order chi connectivity index (χ1) is 21.7. The second kappa shape index (κ2) is 16.9. The third-order valence-corrected chi connectivity index (χ3v) is 6.19. The van der Waals surface area contributed by atoms with Crippen LogP contribution in [0.15, 0.2) is 153 Å². The Balaban J connectivity index is 0.000000156. The van der Waals surface area contributed by atoms with E-state index < -0.39 is 0 Å². The Kier molecular flexibility index (Phi) is 12.2. The van der Waals surface area contributed by atoms with Gasteiger partial charge in [-0.2, -0.15) is 0 Å². The molecule has 0 aliphatic heterocycles. The number of imidazole rings is 2. The van der Waals surface area contributed by atoms with Crippen LogP contribution in [0.3, 0.4) is 0 Å². The number of hydrogen-bond acceptors (Lipinski definition) is 6. The van der Waals surface area contributed by atoms with E-state index in [0.29, 0.717) is 11.6 Å². The fourth-order valence-corrected chi connectivity index (χ4v) is 4.06. The summed E-state index contributed by atoms with van der Waals surface area (Å²) in [7, 11) is 1.86. The van der Waals surface area contributed by atoms with Crippen LogP contribution in [0, 0.1) is 0 Å². The maximum Gasteiger partial charge on any atom is 1.00 e. The van der Waals surface area contributed by atoms with Crippen molar-refractivity contribution in [3.05, 3.63) is 158 Å². The van der Waals surface area contributed by atoms with Crippen molar-refractivity contribution in [1.82, 2.24) is 40.2 Å². The molecule has 7 rings (SSSR count). The minimum atomic E-state index is 0. The van der Waals surface area contributed by atoms with Gasteiger partial charge in [-0.05, 0) is 83.2 Å². The first kappa shape index (κ1) is 32.4. The van der Waals surface area contributed by atoms with Crippen molar-refractivity contribution in [2.45, 2.75) is 0 Å². The Morgan fingerprint density at radius 1 is 0.711 bits per heavy atom. The van der Waals surface area contributed by atoms with Gasteiger partial charge in [-0.25, -0.2) is 4.98 Å². The monoisotopic (exact) mass is 677 g/mol. The van der Waals surface area contributed by atoms with Crippen LogP contribution >= 0.6 is 0 Å². The zero-order valence-electron chi connectivity index (χ0n) is 24.6. The zero-order chi connectivity index (χ0) is 30.4. The Morgan fingerprint density at radius 3 is 1.93 bits per heavy atom. The molecule has 0 unspecified atom stereocenters. The number of nitrogens with one attached hydrogen (secondary N) is 2. The molecule has 2 aromatic carbocycles. The van der Waals surface area contributed by atoms with E-state index in [1.54, 1.807) is 18.6 Å². The number of nitrogens with zero attached hydrogens (tertiary/aromatic N) is 6. The molecule has 0 aliphatic carbocycles. The minimum absolute atomic E-state index is 0. The Morgan fingerprint density at radius 2 is 1.33 bits per heavy atom. The Labute approximate surface area is 274 Å². The van der Waals surface area contributed by atoms with Gasteiger partial charge in [-0.1, -0.05) is 73.3 Å². The van der Waals surface area contributed by atoms with Gasteiger partial charge in [0.15, 0.2) is 0 Å². The topological polar surface area (TPSA) is 106 Å². The number of fused-ring (bicyclic) bond motifs is 2. The van der Waals surface area contributed by atoms with Crippen molar-refractivity contribution in [2.75, 3.05) is 7.05 Å². The van der Waals surface area contributed by atoms with Crippen molar-refractivity contribution in [2.24, 2.45) is 0 Å². The first-order valence-corrected chi connectivity index (χ1v) is 14.0.